The third kappa shape index (κ3) is 1.45. The first-order chi connectivity index (χ1) is 7.33. The van der Waals surface area contributed by atoms with Crippen LogP contribution >= 0.6 is 0 Å². The van der Waals surface area contributed by atoms with Gasteiger partial charge in [0.15, 0.2) is 5.65 Å². The highest BCUT2D eigenvalue weighted by molar-refractivity contribution is 5.73. The molecule has 1 aliphatic heterocycles. The summed E-state index contributed by atoms with van der Waals surface area (Å²) < 4.78 is 0. The highest BCUT2D eigenvalue weighted by atomic mass is 15.3. The van der Waals surface area contributed by atoms with Crippen molar-refractivity contribution < 1.29 is 0 Å². The van der Waals surface area contributed by atoms with E-state index in [4.69, 9.17) is 5.73 Å². The summed E-state index contributed by atoms with van der Waals surface area (Å²) in [4.78, 5) is 14.1. The van der Waals surface area contributed by atoms with E-state index in [0.29, 0.717) is 0 Å². The SMILES string of the molecule is NC1CCN(c2nc3ncccc3[nH]2)C1. The van der Waals surface area contributed by atoms with E-state index < -0.39 is 0 Å². The first-order valence-corrected chi connectivity index (χ1v) is 5.14. The summed E-state index contributed by atoms with van der Waals surface area (Å²) in [7, 11) is 0. The Kier molecular flexibility index (Phi) is 1.85. The fourth-order valence-corrected chi connectivity index (χ4v) is 1.96. The van der Waals surface area contributed by atoms with E-state index in [2.05, 4.69) is 19.9 Å². The van der Waals surface area contributed by atoms with Gasteiger partial charge in [-0.15, -0.1) is 0 Å². The van der Waals surface area contributed by atoms with Crippen molar-refractivity contribution in [1.82, 2.24) is 15.0 Å². The molecule has 5 heteroatoms. The van der Waals surface area contributed by atoms with Crippen LogP contribution in [0.2, 0.25) is 0 Å². The molecule has 1 fully saturated rings. The lowest BCUT2D eigenvalue weighted by atomic mass is 10.3. The van der Waals surface area contributed by atoms with E-state index in [9.17, 15) is 0 Å². The van der Waals surface area contributed by atoms with Gasteiger partial charge in [-0.2, -0.15) is 4.98 Å². The summed E-state index contributed by atoms with van der Waals surface area (Å²) >= 11 is 0. The second-order valence-electron chi connectivity index (χ2n) is 3.93. The van der Waals surface area contributed by atoms with Crippen molar-refractivity contribution in [2.45, 2.75) is 12.5 Å². The molecule has 0 aromatic carbocycles. The van der Waals surface area contributed by atoms with Gasteiger partial charge in [-0.1, -0.05) is 0 Å². The van der Waals surface area contributed by atoms with Crippen LogP contribution in [-0.2, 0) is 0 Å². The second-order valence-corrected chi connectivity index (χ2v) is 3.93. The standard InChI is InChI=1S/C10H13N5/c11-7-3-5-15(6-7)10-13-8-2-1-4-12-9(8)14-10/h1-2,4,7H,3,5-6,11H2,(H,12,13,14). The number of nitrogens with zero attached hydrogens (tertiary/aromatic N) is 3. The normalized spacial score (nSPS) is 21.4. The molecule has 0 aliphatic carbocycles. The number of imidazole rings is 1. The number of fused-ring (bicyclic) bond motifs is 1. The average molecular weight is 203 g/mol. The maximum atomic E-state index is 5.86. The molecule has 3 heterocycles. The number of anilines is 1. The lowest BCUT2D eigenvalue weighted by Crippen LogP contribution is -2.26. The molecular formula is C10H13N5. The van der Waals surface area contributed by atoms with Crippen LogP contribution in [0.25, 0.3) is 11.2 Å². The first-order valence-electron chi connectivity index (χ1n) is 5.14. The van der Waals surface area contributed by atoms with Crippen molar-refractivity contribution in [1.29, 1.82) is 0 Å². The molecule has 0 amide bonds. The Labute approximate surface area is 87.3 Å². The van der Waals surface area contributed by atoms with Gasteiger partial charge in [0.25, 0.3) is 0 Å². The number of pyridine rings is 1. The molecular weight excluding hydrogens is 190 g/mol. The minimum Gasteiger partial charge on any atom is -0.341 e. The minimum absolute atomic E-state index is 0.270. The second kappa shape index (κ2) is 3.20. The smallest absolute Gasteiger partial charge is 0.205 e. The Morgan fingerprint density at radius 1 is 1.53 bits per heavy atom. The molecule has 1 saturated heterocycles. The van der Waals surface area contributed by atoms with E-state index in [1.165, 1.54) is 0 Å². The lowest BCUT2D eigenvalue weighted by Gasteiger charge is -2.12. The van der Waals surface area contributed by atoms with Gasteiger partial charge in [-0.05, 0) is 18.6 Å². The number of hydrogen-bond donors (Lipinski definition) is 2. The van der Waals surface area contributed by atoms with Gasteiger partial charge in [-0.25, -0.2) is 4.98 Å². The highest BCUT2D eigenvalue weighted by Gasteiger charge is 2.21. The van der Waals surface area contributed by atoms with Crippen molar-refractivity contribution in [3.05, 3.63) is 18.3 Å². The van der Waals surface area contributed by atoms with Crippen molar-refractivity contribution in [3.63, 3.8) is 0 Å². The van der Waals surface area contributed by atoms with Crippen molar-refractivity contribution in [2.75, 3.05) is 18.0 Å². The fraction of sp³-hybridized carbons (Fsp3) is 0.400. The monoisotopic (exact) mass is 203 g/mol. The van der Waals surface area contributed by atoms with Crippen LogP contribution in [-0.4, -0.2) is 34.1 Å². The molecule has 3 N–H and O–H groups in total. The van der Waals surface area contributed by atoms with Crippen LogP contribution < -0.4 is 10.6 Å². The third-order valence-corrected chi connectivity index (χ3v) is 2.77. The summed E-state index contributed by atoms with van der Waals surface area (Å²) in [6.07, 6.45) is 2.78. The predicted molar refractivity (Wildman–Crippen MR) is 58.7 cm³/mol. The van der Waals surface area contributed by atoms with Crippen LogP contribution in [0, 0.1) is 0 Å². The molecule has 1 unspecified atom stereocenters. The van der Waals surface area contributed by atoms with E-state index in [1.54, 1.807) is 6.20 Å². The predicted octanol–water partition coefficient (Wildman–Crippen LogP) is 0.495. The van der Waals surface area contributed by atoms with Crippen molar-refractivity contribution >= 4 is 17.1 Å². The van der Waals surface area contributed by atoms with Crippen LogP contribution in [0.5, 0.6) is 0 Å². The first kappa shape index (κ1) is 8.67. The van der Waals surface area contributed by atoms with Gasteiger partial charge in [-0.3, -0.25) is 0 Å². The molecule has 0 saturated carbocycles. The Bertz CT molecular complexity index is 444. The lowest BCUT2D eigenvalue weighted by molar-refractivity contribution is 0.751. The van der Waals surface area contributed by atoms with Crippen molar-refractivity contribution in [2.24, 2.45) is 5.73 Å². The number of H-pyrrole nitrogens is 1. The molecule has 2 aromatic rings. The highest BCUT2D eigenvalue weighted by Crippen LogP contribution is 2.18. The van der Waals surface area contributed by atoms with Gasteiger partial charge in [0.2, 0.25) is 5.95 Å². The summed E-state index contributed by atoms with van der Waals surface area (Å²) in [5, 5.41) is 0. The summed E-state index contributed by atoms with van der Waals surface area (Å²) in [5.41, 5.74) is 7.61. The minimum atomic E-state index is 0.270. The molecule has 0 bridgehead atoms. The number of nitrogens with one attached hydrogen (secondary N) is 1. The molecule has 0 spiro atoms. The van der Waals surface area contributed by atoms with Gasteiger partial charge in [0.05, 0.1) is 5.52 Å². The largest absolute Gasteiger partial charge is 0.341 e. The van der Waals surface area contributed by atoms with Crippen molar-refractivity contribution in [3.8, 4) is 0 Å². The maximum Gasteiger partial charge on any atom is 0.205 e. The molecule has 1 atom stereocenters. The third-order valence-electron chi connectivity index (χ3n) is 2.77. The van der Waals surface area contributed by atoms with Crippen LogP contribution in [0.4, 0.5) is 5.95 Å². The molecule has 0 radical (unpaired) electrons. The van der Waals surface area contributed by atoms with E-state index in [1.807, 2.05) is 12.1 Å². The summed E-state index contributed by atoms with van der Waals surface area (Å²) in [5.74, 6) is 0.886. The van der Waals surface area contributed by atoms with E-state index in [0.717, 1.165) is 36.6 Å². The average Bonchev–Trinajstić information content (AvgIpc) is 2.82. The Hall–Kier alpha value is -1.62. The van der Waals surface area contributed by atoms with E-state index >= 15 is 0 Å². The maximum absolute atomic E-state index is 5.86. The number of hydrogen-bond acceptors (Lipinski definition) is 4. The number of aromatic amines is 1. The van der Waals surface area contributed by atoms with Crippen LogP contribution in [0.15, 0.2) is 18.3 Å². The zero-order valence-corrected chi connectivity index (χ0v) is 8.35. The molecule has 5 nitrogen and oxygen atoms in total. The van der Waals surface area contributed by atoms with Gasteiger partial charge < -0.3 is 15.6 Å². The van der Waals surface area contributed by atoms with Gasteiger partial charge in [0, 0.05) is 25.3 Å². The zero-order chi connectivity index (χ0) is 10.3. The molecule has 15 heavy (non-hydrogen) atoms. The number of rotatable bonds is 1. The summed E-state index contributed by atoms with van der Waals surface area (Å²) in [6.45, 7) is 1.85. The van der Waals surface area contributed by atoms with Gasteiger partial charge >= 0.3 is 0 Å². The summed E-state index contributed by atoms with van der Waals surface area (Å²) in [6, 6.07) is 4.15. The number of aromatic nitrogens is 3. The zero-order valence-electron chi connectivity index (χ0n) is 8.35. The fourth-order valence-electron chi connectivity index (χ4n) is 1.96. The molecule has 3 rings (SSSR count). The quantitative estimate of drug-likeness (QED) is 0.707. The van der Waals surface area contributed by atoms with Gasteiger partial charge in [0.1, 0.15) is 0 Å². The molecule has 1 aliphatic rings. The Morgan fingerprint density at radius 2 is 2.47 bits per heavy atom. The Morgan fingerprint density at radius 3 is 3.20 bits per heavy atom. The molecule has 2 aromatic heterocycles. The van der Waals surface area contributed by atoms with E-state index in [-0.39, 0.29) is 6.04 Å². The molecule has 78 valence electrons. The Balaban J connectivity index is 1.98. The number of nitrogens with two attached hydrogens (primary N) is 1. The topological polar surface area (TPSA) is 70.8 Å². The van der Waals surface area contributed by atoms with Crippen LogP contribution in [0.1, 0.15) is 6.42 Å². The van der Waals surface area contributed by atoms with Crippen LogP contribution in [0.3, 0.4) is 0 Å².